The number of hydrogen-bond acceptors (Lipinski definition) is 2. The van der Waals surface area contributed by atoms with Crippen molar-refractivity contribution >= 4 is 38.7 Å². The highest BCUT2D eigenvalue weighted by atomic mass is 79.9. The quantitative estimate of drug-likeness (QED) is 0.555. The van der Waals surface area contributed by atoms with E-state index >= 15 is 0 Å². The number of hydrogen-bond donors (Lipinski definition) is 0. The van der Waals surface area contributed by atoms with Gasteiger partial charge in [0.2, 0.25) is 0 Å². The molecule has 3 aromatic rings. The molecular formula is C20H14BrNO. The van der Waals surface area contributed by atoms with Crippen LogP contribution in [0.3, 0.4) is 0 Å². The molecule has 2 nitrogen and oxygen atoms in total. The Morgan fingerprint density at radius 3 is 2.61 bits per heavy atom. The molecule has 0 aliphatic heterocycles. The van der Waals surface area contributed by atoms with Gasteiger partial charge in [-0.2, -0.15) is 0 Å². The first-order valence-corrected chi connectivity index (χ1v) is 8.39. The molecule has 2 aromatic carbocycles. The molecule has 0 amide bonds. The molecule has 0 saturated carbocycles. The van der Waals surface area contributed by atoms with Crippen molar-refractivity contribution in [3.05, 3.63) is 81.5 Å². The summed E-state index contributed by atoms with van der Waals surface area (Å²) in [5, 5.41) is 1.02. The van der Waals surface area contributed by atoms with Crippen LogP contribution in [0, 0.1) is 0 Å². The Morgan fingerprint density at radius 2 is 1.78 bits per heavy atom. The number of fused-ring (bicyclic) bond motifs is 2. The second-order valence-electron chi connectivity index (χ2n) is 5.73. The second-order valence-corrected chi connectivity index (χ2v) is 6.64. The molecule has 0 N–H and O–H groups in total. The van der Waals surface area contributed by atoms with E-state index in [2.05, 4.69) is 20.9 Å². The molecule has 1 heterocycles. The Hall–Kier alpha value is -2.26. The van der Waals surface area contributed by atoms with Gasteiger partial charge in [-0.15, -0.1) is 0 Å². The SMILES string of the molecule is O=C1C(=Cc2ccc(Br)cc2)CCc2nc3ccccc3cc21. The highest BCUT2D eigenvalue weighted by Gasteiger charge is 2.23. The van der Waals surface area contributed by atoms with Crippen molar-refractivity contribution in [2.45, 2.75) is 12.8 Å². The zero-order chi connectivity index (χ0) is 15.8. The molecule has 3 heteroatoms. The molecule has 0 unspecified atom stereocenters. The average Bonchev–Trinajstić information content (AvgIpc) is 2.58. The van der Waals surface area contributed by atoms with Crippen LogP contribution in [0.4, 0.5) is 0 Å². The van der Waals surface area contributed by atoms with E-state index in [0.717, 1.165) is 50.6 Å². The number of carbonyl (C=O) groups is 1. The lowest BCUT2D eigenvalue weighted by atomic mass is 9.88. The fourth-order valence-electron chi connectivity index (χ4n) is 2.98. The third kappa shape index (κ3) is 2.73. The van der Waals surface area contributed by atoms with Gasteiger partial charge in [0.25, 0.3) is 0 Å². The molecule has 1 aliphatic carbocycles. The summed E-state index contributed by atoms with van der Waals surface area (Å²) in [5.74, 6) is 0.104. The van der Waals surface area contributed by atoms with Gasteiger partial charge in [-0.05, 0) is 48.7 Å². The third-order valence-electron chi connectivity index (χ3n) is 4.18. The van der Waals surface area contributed by atoms with E-state index in [4.69, 9.17) is 0 Å². The summed E-state index contributed by atoms with van der Waals surface area (Å²) in [6.45, 7) is 0. The van der Waals surface area contributed by atoms with E-state index in [1.807, 2.05) is 60.7 Å². The number of ketones is 1. The number of allylic oxidation sites excluding steroid dienone is 1. The van der Waals surface area contributed by atoms with Crippen LogP contribution >= 0.6 is 15.9 Å². The van der Waals surface area contributed by atoms with Crippen LogP contribution < -0.4 is 0 Å². The van der Waals surface area contributed by atoms with E-state index in [0.29, 0.717) is 0 Å². The van der Waals surface area contributed by atoms with Crippen molar-refractivity contribution in [3.8, 4) is 0 Å². The minimum Gasteiger partial charge on any atom is -0.289 e. The summed E-state index contributed by atoms with van der Waals surface area (Å²) >= 11 is 3.43. The number of aromatic nitrogens is 1. The van der Waals surface area contributed by atoms with Crippen molar-refractivity contribution in [2.75, 3.05) is 0 Å². The normalized spacial score (nSPS) is 15.9. The number of Topliss-reactive ketones (excluding diaryl/α,β-unsaturated/α-hetero) is 1. The van der Waals surface area contributed by atoms with E-state index in [1.54, 1.807) is 0 Å². The number of aryl methyl sites for hydroxylation is 1. The molecule has 0 saturated heterocycles. The second kappa shape index (κ2) is 5.74. The lowest BCUT2D eigenvalue weighted by Gasteiger charge is -2.17. The predicted octanol–water partition coefficient (Wildman–Crippen LogP) is 5.21. The number of rotatable bonds is 1. The number of pyridine rings is 1. The Balaban J connectivity index is 1.76. The first-order chi connectivity index (χ1) is 11.2. The van der Waals surface area contributed by atoms with Gasteiger partial charge in [-0.3, -0.25) is 9.78 Å². The summed E-state index contributed by atoms with van der Waals surface area (Å²) in [4.78, 5) is 17.5. The molecule has 0 spiro atoms. The van der Waals surface area contributed by atoms with Crippen LogP contribution in [-0.4, -0.2) is 10.8 Å². The topological polar surface area (TPSA) is 30.0 Å². The van der Waals surface area contributed by atoms with Crippen LogP contribution in [-0.2, 0) is 6.42 Å². The number of benzene rings is 2. The molecule has 23 heavy (non-hydrogen) atoms. The maximum Gasteiger partial charge on any atom is 0.190 e. The van der Waals surface area contributed by atoms with Crippen LogP contribution in [0.1, 0.15) is 28.0 Å². The van der Waals surface area contributed by atoms with Crippen LogP contribution in [0.5, 0.6) is 0 Å². The number of halogens is 1. The molecule has 4 rings (SSSR count). The molecule has 0 fully saturated rings. The van der Waals surface area contributed by atoms with Crippen LogP contribution in [0.15, 0.2) is 64.6 Å². The van der Waals surface area contributed by atoms with E-state index in [1.165, 1.54) is 0 Å². The Bertz CT molecular complexity index is 942. The van der Waals surface area contributed by atoms with Gasteiger partial charge < -0.3 is 0 Å². The summed E-state index contributed by atoms with van der Waals surface area (Å²) in [6.07, 6.45) is 3.55. The fraction of sp³-hybridized carbons (Fsp3) is 0.100. The highest BCUT2D eigenvalue weighted by Crippen LogP contribution is 2.28. The van der Waals surface area contributed by atoms with Crippen LogP contribution in [0.2, 0.25) is 0 Å². The molecule has 1 aliphatic rings. The lowest BCUT2D eigenvalue weighted by molar-refractivity contribution is 0.102. The van der Waals surface area contributed by atoms with Crippen molar-refractivity contribution < 1.29 is 4.79 Å². The van der Waals surface area contributed by atoms with Gasteiger partial charge in [0.05, 0.1) is 11.2 Å². The molecular weight excluding hydrogens is 350 g/mol. The average molecular weight is 364 g/mol. The molecule has 0 bridgehead atoms. The minimum atomic E-state index is 0.104. The smallest absolute Gasteiger partial charge is 0.190 e. The Kier molecular flexibility index (Phi) is 3.58. The minimum absolute atomic E-state index is 0.104. The van der Waals surface area contributed by atoms with E-state index in [-0.39, 0.29) is 5.78 Å². The number of para-hydroxylation sites is 1. The lowest BCUT2D eigenvalue weighted by Crippen LogP contribution is -2.15. The molecule has 112 valence electrons. The van der Waals surface area contributed by atoms with Crippen molar-refractivity contribution in [1.29, 1.82) is 0 Å². The standard InChI is InChI=1S/C20H14BrNO/c21-16-8-5-13(6-9-16)11-15-7-10-19-17(20(15)23)12-14-3-1-2-4-18(14)22-19/h1-6,8-9,11-12H,7,10H2. The summed E-state index contributed by atoms with van der Waals surface area (Å²) in [6, 6.07) is 17.9. The summed E-state index contributed by atoms with van der Waals surface area (Å²) in [5.41, 5.74) is 4.53. The Morgan fingerprint density at radius 1 is 1.00 bits per heavy atom. The monoisotopic (exact) mass is 363 g/mol. The number of nitrogens with zero attached hydrogens (tertiary/aromatic N) is 1. The first kappa shape index (κ1) is 14.3. The zero-order valence-corrected chi connectivity index (χ0v) is 14.0. The zero-order valence-electron chi connectivity index (χ0n) is 12.4. The van der Waals surface area contributed by atoms with E-state index < -0.39 is 0 Å². The first-order valence-electron chi connectivity index (χ1n) is 7.60. The van der Waals surface area contributed by atoms with Crippen molar-refractivity contribution in [1.82, 2.24) is 4.98 Å². The number of carbonyl (C=O) groups excluding carboxylic acids is 1. The summed E-state index contributed by atoms with van der Waals surface area (Å²) < 4.78 is 1.04. The van der Waals surface area contributed by atoms with Gasteiger partial charge in [-0.1, -0.05) is 46.3 Å². The molecule has 1 aromatic heterocycles. The largest absolute Gasteiger partial charge is 0.289 e. The van der Waals surface area contributed by atoms with Gasteiger partial charge in [-0.25, -0.2) is 0 Å². The van der Waals surface area contributed by atoms with Gasteiger partial charge in [0.1, 0.15) is 0 Å². The van der Waals surface area contributed by atoms with Gasteiger partial charge >= 0.3 is 0 Å². The predicted molar refractivity (Wildman–Crippen MR) is 96.5 cm³/mol. The maximum absolute atomic E-state index is 12.8. The van der Waals surface area contributed by atoms with Crippen LogP contribution in [0.25, 0.3) is 17.0 Å². The summed E-state index contributed by atoms with van der Waals surface area (Å²) in [7, 11) is 0. The fourth-order valence-corrected chi connectivity index (χ4v) is 3.24. The van der Waals surface area contributed by atoms with Crippen molar-refractivity contribution in [3.63, 3.8) is 0 Å². The highest BCUT2D eigenvalue weighted by molar-refractivity contribution is 9.10. The molecule has 0 atom stereocenters. The molecule has 0 radical (unpaired) electrons. The third-order valence-corrected chi connectivity index (χ3v) is 4.71. The van der Waals surface area contributed by atoms with E-state index in [9.17, 15) is 4.79 Å². The Labute approximate surface area is 143 Å². The maximum atomic E-state index is 12.8. The van der Waals surface area contributed by atoms with Gasteiger partial charge in [0.15, 0.2) is 5.78 Å². The van der Waals surface area contributed by atoms with Gasteiger partial charge in [0, 0.05) is 21.0 Å². The van der Waals surface area contributed by atoms with Crippen molar-refractivity contribution in [2.24, 2.45) is 0 Å².